The fraction of sp³-hybridized carbons (Fsp3) is 0.214. The molecule has 0 spiro atoms. The molecule has 0 saturated carbocycles. The highest BCUT2D eigenvalue weighted by atomic mass is 32.1. The van der Waals surface area contributed by atoms with Crippen molar-refractivity contribution in [3.05, 3.63) is 49.5 Å². The van der Waals surface area contributed by atoms with Gasteiger partial charge in [0.15, 0.2) is 4.80 Å². The van der Waals surface area contributed by atoms with E-state index in [4.69, 9.17) is 0 Å². The molecule has 0 saturated heterocycles. The number of carbonyl (C=O) groups excluding carboxylic acids is 1. The number of carbonyl (C=O) groups is 1. The van der Waals surface area contributed by atoms with Crippen molar-refractivity contribution in [2.75, 3.05) is 7.11 Å². The summed E-state index contributed by atoms with van der Waals surface area (Å²) in [6, 6.07) is 7.83. The summed E-state index contributed by atoms with van der Waals surface area (Å²) >= 11 is 1.21. The van der Waals surface area contributed by atoms with Crippen molar-refractivity contribution in [3.8, 4) is 0 Å². The highest BCUT2D eigenvalue weighted by Crippen LogP contribution is 2.20. The summed E-state index contributed by atoms with van der Waals surface area (Å²) in [5.41, 5.74) is 1.82. The van der Waals surface area contributed by atoms with Crippen molar-refractivity contribution in [1.82, 2.24) is 4.57 Å². The molecule has 0 fully saturated rings. The van der Waals surface area contributed by atoms with Gasteiger partial charge in [0.1, 0.15) is 4.53 Å². The Labute approximate surface area is 118 Å². The fourth-order valence-corrected chi connectivity index (χ4v) is 3.10. The highest BCUT2D eigenvalue weighted by Gasteiger charge is 2.12. The molecule has 3 rings (SSSR count). The lowest BCUT2D eigenvalue weighted by Crippen LogP contribution is -2.32. The Morgan fingerprint density at radius 1 is 1.45 bits per heavy atom. The molecule has 6 heteroatoms. The third-order valence-corrected chi connectivity index (χ3v) is 4.16. The van der Waals surface area contributed by atoms with Crippen LogP contribution in [0, 0.1) is 0 Å². The molecule has 0 bridgehead atoms. The number of benzene rings is 1. The van der Waals surface area contributed by atoms with Crippen molar-refractivity contribution in [2.45, 2.75) is 13.0 Å². The van der Waals surface area contributed by atoms with Crippen LogP contribution in [0.25, 0.3) is 6.08 Å². The number of aromatic nitrogens is 1. The Balaban J connectivity index is 2.23. The van der Waals surface area contributed by atoms with Crippen LogP contribution >= 0.6 is 11.3 Å². The largest absolute Gasteiger partial charge is 0.466 e. The maximum absolute atomic E-state index is 12.2. The molecule has 0 atom stereocenters. The molecule has 0 radical (unpaired) electrons. The molecule has 0 unspecified atom stereocenters. The monoisotopic (exact) mass is 288 g/mol. The standard InChI is InChI=1S/C14H12N2O3S/c1-19-12(17)8-11-13(18)16-7-6-9-4-2-3-5-10(9)15-14(16)20-11/h2-5,8H,6-7H2,1H3/b11-8+. The van der Waals surface area contributed by atoms with E-state index in [1.54, 1.807) is 4.57 Å². The molecule has 102 valence electrons. The van der Waals surface area contributed by atoms with Gasteiger partial charge in [-0.15, -0.1) is 0 Å². The Hall–Kier alpha value is -2.21. The van der Waals surface area contributed by atoms with Gasteiger partial charge < -0.3 is 4.74 Å². The van der Waals surface area contributed by atoms with E-state index in [1.807, 2.05) is 24.3 Å². The van der Waals surface area contributed by atoms with E-state index >= 15 is 0 Å². The number of hydrogen-bond acceptors (Lipinski definition) is 5. The van der Waals surface area contributed by atoms with Gasteiger partial charge in [0, 0.05) is 12.6 Å². The van der Waals surface area contributed by atoms with E-state index in [-0.39, 0.29) is 5.56 Å². The first kappa shape index (κ1) is 12.8. The fourth-order valence-electron chi connectivity index (χ4n) is 2.12. The maximum atomic E-state index is 12.2. The number of nitrogens with zero attached hydrogens (tertiary/aromatic N) is 2. The molecule has 1 aliphatic heterocycles. The molecule has 5 nitrogen and oxygen atoms in total. The number of methoxy groups -OCH3 is 1. The van der Waals surface area contributed by atoms with Gasteiger partial charge in [-0.3, -0.25) is 9.36 Å². The van der Waals surface area contributed by atoms with E-state index in [0.29, 0.717) is 15.9 Å². The molecular weight excluding hydrogens is 276 g/mol. The molecule has 0 aliphatic carbocycles. The van der Waals surface area contributed by atoms with Crippen LogP contribution in [-0.4, -0.2) is 17.6 Å². The lowest BCUT2D eigenvalue weighted by Gasteiger charge is -2.00. The lowest BCUT2D eigenvalue weighted by atomic mass is 10.1. The number of ether oxygens (including phenoxy) is 1. The Kier molecular flexibility index (Phi) is 3.23. The van der Waals surface area contributed by atoms with Crippen molar-refractivity contribution in [2.24, 2.45) is 4.99 Å². The highest BCUT2D eigenvalue weighted by molar-refractivity contribution is 7.07. The molecule has 20 heavy (non-hydrogen) atoms. The molecule has 2 aromatic rings. The zero-order valence-corrected chi connectivity index (χ0v) is 11.6. The zero-order valence-electron chi connectivity index (χ0n) is 10.8. The van der Waals surface area contributed by atoms with Crippen LogP contribution in [0.4, 0.5) is 5.69 Å². The summed E-state index contributed by atoms with van der Waals surface area (Å²) in [4.78, 5) is 28.7. The predicted octanol–water partition coefficient (Wildman–Crippen LogP) is 0.371. The summed E-state index contributed by atoms with van der Waals surface area (Å²) < 4.78 is 6.52. The number of para-hydroxylation sites is 1. The first-order chi connectivity index (χ1) is 9.69. The van der Waals surface area contributed by atoms with Gasteiger partial charge in [-0.25, -0.2) is 9.79 Å². The first-order valence-electron chi connectivity index (χ1n) is 6.15. The summed E-state index contributed by atoms with van der Waals surface area (Å²) in [5.74, 6) is -0.528. The molecule has 1 aromatic carbocycles. The van der Waals surface area contributed by atoms with E-state index in [0.717, 1.165) is 17.7 Å². The SMILES string of the molecule is COC(=O)/C=c1/sc2n(c1=O)CCc1ccccc1N=2. The smallest absolute Gasteiger partial charge is 0.332 e. The molecule has 1 aromatic heterocycles. The van der Waals surface area contributed by atoms with Gasteiger partial charge in [-0.05, 0) is 18.1 Å². The maximum Gasteiger partial charge on any atom is 0.332 e. The van der Waals surface area contributed by atoms with Gasteiger partial charge in [0.05, 0.1) is 12.8 Å². The topological polar surface area (TPSA) is 60.7 Å². The summed E-state index contributed by atoms with van der Waals surface area (Å²) in [7, 11) is 1.29. The van der Waals surface area contributed by atoms with Gasteiger partial charge in [0.25, 0.3) is 5.56 Å². The first-order valence-corrected chi connectivity index (χ1v) is 6.96. The Morgan fingerprint density at radius 2 is 2.25 bits per heavy atom. The quantitative estimate of drug-likeness (QED) is 0.712. The number of hydrogen-bond donors (Lipinski definition) is 0. The Morgan fingerprint density at radius 3 is 3.05 bits per heavy atom. The van der Waals surface area contributed by atoms with E-state index in [9.17, 15) is 9.59 Å². The van der Waals surface area contributed by atoms with Crippen LogP contribution in [0.2, 0.25) is 0 Å². The van der Waals surface area contributed by atoms with Crippen LogP contribution in [0.1, 0.15) is 5.56 Å². The van der Waals surface area contributed by atoms with E-state index < -0.39 is 5.97 Å². The lowest BCUT2D eigenvalue weighted by molar-refractivity contribution is -0.133. The second kappa shape index (κ2) is 5.05. The molecule has 1 aliphatic rings. The summed E-state index contributed by atoms with van der Waals surface area (Å²) in [6.07, 6.45) is 1.97. The van der Waals surface area contributed by atoms with Gasteiger partial charge in [0.2, 0.25) is 0 Å². The number of thiazole rings is 1. The zero-order chi connectivity index (χ0) is 14.1. The minimum atomic E-state index is -0.528. The molecular formula is C14H12N2O3S. The van der Waals surface area contributed by atoms with Gasteiger partial charge in [-0.1, -0.05) is 29.5 Å². The van der Waals surface area contributed by atoms with Crippen LogP contribution in [0.3, 0.4) is 0 Å². The van der Waals surface area contributed by atoms with Crippen LogP contribution in [0.15, 0.2) is 34.1 Å². The number of fused-ring (bicyclic) bond motifs is 2. The third kappa shape index (κ3) is 2.18. The summed E-state index contributed by atoms with van der Waals surface area (Å²) in [6.45, 7) is 0.570. The summed E-state index contributed by atoms with van der Waals surface area (Å²) in [5, 5.41) is 0. The molecule has 0 N–H and O–H groups in total. The molecule has 0 amide bonds. The van der Waals surface area contributed by atoms with Gasteiger partial charge >= 0.3 is 5.97 Å². The van der Waals surface area contributed by atoms with Crippen molar-refractivity contribution in [3.63, 3.8) is 0 Å². The van der Waals surface area contributed by atoms with E-state index in [2.05, 4.69) is 9.73 Å². The van der Waals surface area contributed by atoms with Crippen LogP contribution < -0.4 is 14.9 Å². The second-order valence-electron chi connectivity index (χ2n) is 4.36. The average Bonchev–Trinajstić information content (AvgIpc) is 2.64. The average molecular weight is 288 g/mol. The van der Waals surface area contributed by atoms with Crippen LogP contribution in [-0.2, 0) is 22.5 Å². The van der Waals surface area contributed by atoms with E-state index in [1.165, 1.54) is 24.5 Å². The third-order valence-electron chi connectivity index (χ3n) is 3.15. The number of aryl methyl sites for hydroxylation is 1. The predicted molar refractivity (Wildman–Crippen MR) is 75.6 cm³/mol. The number of esters is 1. The van der Waals surface area contributed by atoms with Crippen LogP contribution in [0.5, 0.6) is 0 Å². The van der Waals surface area contributed by atoms with Crippen molar-refractivity contribution in [1.29, 1.82) is 0 Å². The van der Waals surface area contributed by atoms with Gasteiger partial charge in [-0.2, -0.15) is 0 Å². The normalized spacial score (nSPS) is 13.9. The van der Waals surface area contributed by atoms with Crippen molar-refractivity contribution >= 4 is 29.1 Å². The minimum absolute atomic E-state index is 0.188. The number of rotatable bonds is 1. The van der Waals surface area contributed by atoms with Crippen molar-refractivity contribution < 1.29 is 9.53 Å². The minimum Gasteiger partial charge on any atom is -0.466 e. The molecule has 2 heterocycles. The second-order valence-corrected chi connectivity index (χ2v) is 5.37. The Bertz CT molecular complexity index is 848.